The molecule has 4 nitrogen and oxygen atoms in total. The third-order valence-corrected chi connectivity index (χ3v) is 8.51. The summed E-state index contributed by atoms with van der Waals surface area (Å²) < 4.78 is 0. The van der Waals surface area contributed by atoms with Crippen molar-refractivity contribution in [1.29, 1.82) is 0 Å². The van der Waals surface area contributed by atoms with Gasteiger partial charge in [0.05, 0.1) is 5.41 Å². The number of nitrogens with zero attached hydrogens (tertiary/aromatic N) is 2. The van der Waals surface area contributed by atoms with E-state index < -0.39 is 0 Å². The number of nitrogens with one attached hydrogen (secondary N) is 1. The van der Waals surface area contributed by atoms with Crippen LogP contribution in [-0.2, 0) is 4.79 Å². The molecule has 5 heteroatoms. The fraction of sp³-hybridized carbons (Fsp3) is 0.458. The molecule has 0 unspecified atom stereocenters. The number of anilines is 1. The lowest BCUT2D eigenvalue weighted by atomic mass is 9.49. The predicted molar refractivity (Wildman–Crippen MR) is 117 cm³/mol. The van der Waals surface area contributed by atoms with E-state index in [0.29, 0.717) is 0 Å². The van der Waals surface area contributed by atoms with E-state index in [0.717, 1.165) is 69.2 Å². The highest BCUT2D eigenvalue weighted by Crippen LogP contribution is 2.60. The minimum absolute atomic E-state index is 0.128. The summed E-state index contributed by atoms with van der Waals surface area (Å²) in [6.45, 7) is 2.09. The number of hydrogen-bond donors (Lipinski definition) is 1. The standard InChI is InChI=1S/C24H25N3OS/c1-14-18(21-26-20-6-3-7-25-22(20)29-21)4-2-5-19(14)27-23(28)24-11-15-8-16(12-24)10-17(9-15)13-24/h2-7,15-17H,8-13H2,1H3,(H,27,28). The molecule has 2 heterocycles. The van der Waals surface area contributed by atoms with Gasteiger partial charge in [-0.2, -0.15) is 0 Å². The van der Waals surface area contributed by atoms with Crippen LogP contribution in [0.3, 0.4) is 0 Å². The van der Waals surface area contributed by atoms with E-state index >= 15 is 0 Å². The highest BCUT2D eigenvalue weighted by Gasteiger charge is 2.54. The van der Waals surface area contributed by atoms with Gasteiger partial charge in [-0.15, -0.1) is 0 Å². The quantitative estimate of drug-likeness (QED) is 0.599. The van der Waals surface area contributed by atoms with Crippen molar-refractivity contribution in [1.82, 2.24) is 9.97 Å². The Kier molecular flexibility index (Phi) is 3.86. The Labute approximate surface area is 174 Å². The Morgan fingerprint density at radius 3 is 2.48 bits per heavy atom. The molecule has 4 fully saturated rings. The van der Waals surface area contributed by atoms with Crippen LogP contribution in [0.1, 0.15) is 44.1 Å². The maximum Gasteiger partial charge on any atom is 0.230 e. The molecule has 29 heavy (non-hydrogen) atoms. The third-order valence-electron chi connectivity index (χ3n) is 7.50. The highest BCUT2D eigenvalue weighted by atomic mass is 32.1. The zero-order valence-electron chi connectivity index (χ0n) is 16.6. The second kappa shape index (κ2) is 6.36. The SMILES string of the molecule is Cc1c(NC(=O)C23CC4CC(CC(C4)C2)C3)cccc1-c1nc2cccnc2s1. The fourth-order valence-corrected chi connectivity index (χ4v) is 7.52. The second-order valence-electron chi connectivity index (χ2n) is 9.48. The van der Waals surface area contributed by atoms with Crippen LogP contribution in [0.2, 0.25) is 0 Å². The summed E-state index contributed by atoms with van der Waals surface area (Å²) in [4.78, 5) is 23.6. The Balaban J connectivity index is 1.31. The minimum Gasteiger partial charge on any atom is -0.325 e. The van der Waals surface area contributed by atoms with Crippen LogP contribution in [0.25, 0.3) is 20.9 Å². The molecule has 0 atom stereocenters. The number of aromatic nitrogens is 2. The van der Waals surface area contributed by atoms with Crippen molar-refractivity contribution in [3.05, 3.63) is 42.1 Å². The lowest BCUT2D eigenvalue weighted by molar-refractivity contribution is -0.140. The molecule has 0 aliphatic heterocycles. The van der Waals surface area contributed by atoms with Crippen LogP contribution in [-0.4, -0.2) is 15.9 Å². The maximum absolute atomic E-state index is 13.5. The molecule has 4 aliphatic carbocycles. The van der Waals surface area contributed by atoms with Gasteiger partial charge < -0.3 is 5.32 Å². The van der Waals surface area contributed by atoms with Crippen molar-refractivity contribution in [3.63, 3.8) is 0 Å². The topological polar surface area (TPSA) is 54.9 Å². The van der Waals surface area contributed by atoms with E-state index in [1.165, 1.54) is 19.3 Å². The Morgan fingerprint density at radius 2 is 1.79 bits per heavy atom. The lowest BCUT2D eigenvalue weighted by Crippen LogP contribution is -2.51. The van der Waals surface area contributed by atoms with Gasteiger partial charge in [0.15, 0.2) is 0 Å². The Morgan fingerprint density at radius 1 is 1.07 bits per heavy atom. The second-order valence-corrected chi connectivity index (χ2v) is 10.5. The van der Waals surface area contributed by atoms with Crippen LogP contribution in [0, 0.1) is 30.1 Å². The van der Waals surface area contributed by atoms with Gasteiger partial charge >= 0.3 is 0 Å². The number of rotatable bonds is 3. The number of pyridine rings is 1. The smallest absolute Gasteiger partial charge is 0.230 e. The van der Waals surface area contributed by atoms with Gasteiger partial charge in [-0.25, -0.2) is 9.97 Å². The fourth-order valence-electron chi connectivity index (χ4n) is 6.53. The van der Waals surface area contributed by atoms with E-state index in [9.17, 15) is 4.79 Å². The molecule has 1 aromatic carbocycles. The molecule has 0 radical (unpaired) electrons. The molecule has 1 N–H and O–H groups in total. The molecular weight excluding hydrogens is 378 g/mol. The van der Waals surface area contributed by atoms with Gasteiger partial charge in [0.2, 0.25) is 5.91 Å². The van der Waals surface area contributed by atoms with E-state index in [1.54, 1.807) is 17.5 Å². The van der Waals surface area contributed by atoms with Crippen LogP contribution in [0.5, 0.6) is 0 Å². The monoisotopic (exact) mass is 403 g/mol. The zero-order chi connectivity index (χ0) is 19.6. The molecule has 0 saturated heterocycles. The van der Waals surface area contributed by atoms with Crippen LogP contribution in [0.4, 0.5) is 5.69 Å². The molecule has 1 amide bonds. The molecule has 3 aromatic rings. The predicted octanol–water partition coefficient (Wildman–Crippen LogP) is 5.82. The number of amides is 1. The third kappa shape index (κ3) is 2.82. The summed E-state index contributed by atoms with van der Waals surface area (Å²) in [6.07, 6.45) is 9.14. The van der Waals surface area contributed by atoms with Gasteiger partial charge in [0, 0.05) is 17.4 Å². The van der Waals surface area contributed by atoms with Gasteiger partial charge in [0.1, 0.15) is 15.4 Å². The molecule has 148 valence electrons. The van der Waals surface area contributed by atoms with Crippen LogP contribution < -0.4 is 5.32 Å². The number of hydrogen-bond acceptors (Lipinski definition) is 4. The largest absolute Gasteiger partial charge is 0.325 e. The van der Waals surface area contributed by atoms with Crippen LogP contribution in [0.15, 0.2) is 36.5 Å². The number of benzene rings is 1. The molecule has 4 saturated carbocycles. The van der Waals surface area contributed by atoms with Crippen molar-refractivity contribution in [3.8, 4) is 10.6 Å². The van der Waals surface area contributed by atoms with Gasteiger partial charge in [0.25, 0.3) is 0 Å². The summed E-state index contributed by atoms with van der Waals surface area (Å²) in [5.41, 5.74) is 3.89. The first-order valence-corrected chi connectivity index (χ1v) is 11.5. The molecule has 0 spiro atoms. The highest BCUT2D eigenvalue weighted by molar-refractivity contribution is 7.21. The summed E-state index contributed by atoms with van der Waals surface area (Å²) >= 11 is 1.60. The van der Waals surface area contributed by atoms with Crippen molar-refractivity contribution in [2.24, 2.45) is 23.2 Å². The summed E-state index contributed by atoms with van der Waals surface area (Å²) in [6, 6.07) is 10.1. The number of carbonyl (C=O) groups excluding carboxylic acids is 1. The molecule has 2 aromatic heterocycles. The molecule has 4 bridgehead atoms. The molecule has 4 aliphatic rings. The van der Waals surface area contributed by atoms with Gasteiger partial charge in [-0.1, -0.05) is 23.5 Å². The van der Waals surface area contributed by atoms with Crippen molar-refractivity contribution >= 4 is 33.3 Å². The van der Waals surface area contributed by atoms with E-state index in [-0.39, 0.29) is 11.3 Å². The summed E-state index contributed by atoms with van der Waals surface area (Å²) in [5.74, 6) is 2.57. The summed E-state index contributed by atoms with van der Waals surface area (Å²) in [5, 5.41) is 4.29. The van der Waals surface area contributed by atoms with Crippen LogP contribution >= 0.6 is 11.3 Å². The van der Waals surface area contributed by atoms with Crippen molar-refractivity contribution in [2.75, 3.05) is 5.32 Å². The summed E-state index contributed by atoms with van der Waals surface area (Å²) in [7, 11) is 0. The van der Waals surface area contributed by atoms with E-state index in [2.05, 4.69) is 23.3 Å². The number of thiazole rings is 1. The van der Waals surface area contributed by atoms with E-state index in [1.807, 2.05) is 24.3 Å². The van der Waals surface area contributed by atoms with Gasteiger partial charge in [-0.3, -0.25) is 4.79 Å². The van der Waals surface area contributed by atoms with E-state index in [4.69, 9.17) is 4.98 Å². The van der Waals surface area contributed by atoms with Gasteiger partial charge in [-0.05, 0) is 87.0 Å². The normalized spacial score (nSPS) is 30.0. The first-order chi connectivity index (χ1) is 14.1. The number of fused-ring (bicyclic) bond motifs is 1. The maximum atomic E-state index is 13.5. The first kappa shape index (κ1) is 17.6. The average Bonchev–Trinajstić information content (AvgIpc) is 3.12. The number of carbonyl (C=O) groups is 1. The van der Waals surface area contributed by atoms with Crippen molar-refractivity contribution < 1.29 is 4.79 Å². The first-order valence-electron chi connectivity index (χ1n) is 10.7. The Hall–Kier alpha value is -2.27. The Bertz CT molecular complexity index is 1050. The average molecular weight is 404 g/mol. The zero-order valence-corrected chi connectivity index (χ0v) is 17.5. The molecular formula is C24H25N3OS. The minimum atomic E-state index is -0.128. The van der Waals surface area contributed by atoms with Crippen molar-refractivity contribution in [2.45, 2.75) is 45.4 Å². The molecule has 7 rings (SSSR count). The lowest BCUT2D eigenvalue weighted by Gasteiger charge is -2.55.